The van der Waals surface area contributed by atoms with Gasteiger partial charge in [-0.25, -0.2) is 8.42 Å². The quantitative estimate of drug-likeness (QED) is 0.793. The maximum atomic E-state index is 12.3. The van der Waals surface area contributed by atoms with Crippen molar-refractivity contribution in [2.24, 2.45) is 5.73 Å². The van der Waals surface area contributed by atoms with Crippen LogP contribution >= 0.6 is 23.2 Å². The molecule has 1 aliphatic rings. The molecular weight excluding hydrogens is 375 g/mol. The average molecular weight is 395 g/mol. The minimum Gasteiger partial charge on any atom is -0.488 e. The van der Waals surface area contributed by atoms with E-state index in [9.17, 15) is 13.2 Å². The summed E-state index contributed by atoms with van der Waals surface area (Å²) in [7, 11) is -3.13. The molecule has 0 aromatic heterocycles. The van der Waals surface area contributed by atoms with Gasteiger partial charge in [0, 0.05) is 25.3 Å². The molecule has 0 spiro atoms. The number of hydrogen-bond acceptors (Lipinski definition) is 5. The fraction of sp³-hybridized carbons (Fsp3) is 0.533. The minimum atomic E-state index is -3.13. The predicted octanol–water partition coefficient (Wildman–Crippen LogP) is 1.74. The summed E-state index contributed by atoms with van der Waals surface area (Å²) in [6, 6.07) is 4.18. The molecule has 0 saturated carbocycles. The largest absolute Gasteiger partial charge is 0.488 e. The standard InChI is InChI=1S/C15H20Cl2N2O4S/c1-24(21,22)7-5-14(18)15(20)19-6-4-11(9-19)23-10-2-3-12(16)13(17)8-10/h2-3,8,11,14H,4-7,9,18H2,1H3/t11-,14-/m0/s1. The highest BCUT2D eigenvalue weighted by Gasteiger charge is 2.30. The van der Waals surface area contributed by atoms with Gasteiger partial charge in [-0.2, -0.15) is 0 Å². The van der Waals surface area contributed by atoms with E-state index >= 15 is 0 Å². The van der Waals surface area contributed by atoms with Crippen LogP contribution in [0.25, 0.3) is 0 Å². The minimum absolute atomic E-state index is 0.100. The van der Waals surface area contributed by atoms with Crippen molar-refractivity contribution in [1.82, 2.24) is 4.90 Å². The van der Waals surface area contributed by atoms with Gasteiger partial charge in [-0.15, -0.1) is 0 Å². The topological polar surface area (TPSA) is 89.7 Å². The van der Waals surface area contributed by atoms with Gasteiger partial charge in [-0.3, -0.25) is 4.79 Å². The number of rotatable bonds is 6. The molecule has 1 fully saturated rings. The third-order valence-electron chi connectivity index (χ3n) is 3.77. The summed E-state index contributed by atoms with van der Waals surface area (Å²) in [5, 5.41) is 0.854. The first-order valence-electron chi connectivity index (χ1n) is 7.49. The Bertz CT molecular complexity index is 711. The van der Waals surface area contributed by atoms with Crippen LogP contribution in [0.4, 0.5) is 0 Å². The summed E-state index contributed by atoms with van der Waals surface area (Å²) in [6.45, 7) is 0.934. The summed E-state index contributed by atoms with van der Waals surface area (Å²) in [4.78, 5) is 13.9. The predicted molar refractivity (Wildman–Crippen MR) is 94.4 cm³/mol. The molecule has 0 aliphatic carbocycles. The van der Waals surface area contributed by atoms with E-state index in [2.05, 4.69) is 0 Å². The molecule has 1 aromatic rings. The Kier molecular flexibility index (Phi) is 6.36. The summed E-state index contributed by atoms with van der Waals surface area (Å²) >= 11 is 11.8. The van der Waals surface area contributed by atoms with Crippen LogP contribution in [-0.2, 0) is 14.6 Å². The van der Waals surface area contributed by atoms with Gasteiger partial charge in [0.2, 0.25) is 5.91 Å². The van der Waals surface area contributed by atoms with E-state index in [0.717, 1.165) is 6.26 Å². The number of nitrogens with zero attached hydrogens (tertiary/aromatic N) is 1. The monoisotopic (exact) mass is 394 g/mol. The first-order valence-corrected chi connectivity index (χ1v) is 10.3. The van der Waals surface area contributed by atoms with Crippen LogP contribution in [0.5, 0.6) is 5.75 Å². The van der Waals surface area contributed by atoms with Gasteiger partial charge in [0.15, 0.2) is 0 Å². The summed E-state index contributed by atoms with van der Waals surface area (Å²) in [6.07, 6.45) is 1.76. The Balaban J connectivity index is 1.87. The van der Waals surface area contributed by atoms with Gasteiger partial charge in [-0.1, -0.05) is 23.2 Å². The molecule has 1 heterocycles. The number of hydrogen-bond donors (Lipinski definition) is 1. The molecule has 0 unspecified atom stereocenters. The Morgan fingerprint density at radius 1 is 1.42 bits per heavy atom. The van der Waals surface area contributed by atoms with E-state index in [1.807, 2.05) is 0 Å². The van der Waals surface area contributed by atoms with Crippen LogP contribution in [0.15, 0.2) is 18.2 Å². The first-order chi connectivity index (χ1) is 11.2. The molecule has 2 rings (SSSR count). The number of sulfone groups is 1. The number of carbonyl (C=O) groups is 1. The van der Waals surface area contributed by atoms with Crippen molar-refractivity contribution in [2.45, 2.75) is 25.0 Å². The van der Waals surface area contributed by atoms with Gasteiger partial charge in [0.1, 0.15) is 21.7 Å². The molecule has 2 atom stereocenters. The Hall–Kier alpha value is -1.02. The van der Waals surface area contributed by atoms with Crippen LogP contribution < -0.4 is 10.5 Å². The van der Waals surface area contributed by atoms with Gasteiger partial charge < -0.3 is 15.4 Å². The number of benzene rings is 1. The third kappa shape index (κ3) is 5.51. The number of ether oxygens (including phenoxy) is 1. The van der Waals surface area contributed by atoms with Crippen LogP contribution in [0, 0.1) is 0 Å². The maximum absolute atomic E-state index is 12.3. The van der Waals surface area contributed by atoms with E-state index in [0.29, 0.717) is 35.3 Å². The van der Waals surface area contributed by atoms with Crippen molar-refractivity contribution in [1.29, 1.82) is 0 Å². The zero-order valence-electron chi connectivity index (χ0n) is 13.2. The molecule has 9 heteroatoms. The van der Waals surface area contributed by atoms with Crippen molar-refractivity contribution in [3.63, 3.8) is 0 Å². The van der Waals surface area contributed by atoms with Crippen molar-refractivity contribution < 1.29 is 17.9 Å². The van der Waals surface area contributed by atoms with Crippen molar-refractivity contribution in [3.8, 4) is 5.75 Å². The average Bonchev–Trinajstić information content (AvgIpc) is 2.95. The fourth-order valence-electron chi connectivity index (χ4n) is 2.47. The van der Waals surface area contributed by atoms with E-state index < -0.39 is 15.9 Å². The lowest BCUT2D eigenvalue weighted by Gasteiger charge is -2.21. The Morgan fingerprint density at radius 3 is 2.75 bits per heavy atom. The Morgan fingerprint density at radius 2 is 2.12 bits per heavy atom. The second kappa shape index (κ2) is 7.91. The lowest BCUT2D eigenvalue weighted by Crippen LogP contribution is -2.44. The number of likely N-dealkylation sites (tertiary alicyclic amines) is 1. The molecule has 0 bridgehead atoms. The lowest BCUT2D eigenvalue weighted by atomic mass is 10.2. The van der Waals surface area contributed by atoms with Crippen LogP contribution in [0.1, 0.15) is 12.8 Å². The highest BCUT2D eigenvalue weighted by molar-refractivity contribution is 7.90. The van der Waals surface area contributed by atoms with E-state index in [-0.39, 0.29) is 24.2 Å². The van der Waals surface area contributed by atoms with Crippen molar-refractivity contribution >= 4 is 38.9 Å². The first kappa shape index (κ1) is 19.3. The molecule has 1 aliphatic heterocycles. The van der Waals surface area contributed by atoms with Crippen LogP contribution in [0.3, 0.4) is 0 Å². The summed E-state index contributed by atoms with van der Waals surface area (Å²) < 4.78 is 28.1. The molecule has 24 heavy (non-hydrogen) atoms. The van der Waals surface area contributed by atoms with Crippen LogP contribution in [-0.4, -0.2) is 56.5 Å². The van der Waals surface area contributed by atoms with Crippen LogP contribution in [0.2, 0.25) is 10.0 Å². The third-order valence-corrected chi connectivity index (χ3v) is 5.48. The van der Waals surface area contributed by atoms with Gasteiger partial charge in [-0.05, 0) is 18.6 Å². The molecule has 134 valence electrons. The lowest BCUT2D eigenvalue weighted by molar-refractivity contribution is -0.131. The van der Waals surface area contributed by atoms with Gasteiger partial charge in [0.05, 0.1) is 28.4 Å². The Labute approximate surface area is 151 Å². The molecule has 0 radical (unpaired) electrons. The van der Waals surface area contributed by atoms with Gasteiger partial charge >= 0.3 is 0 Å². The maximum Gasteiger partial charge on any atom is 0.239 e. The molecule has 6 nitrogen and oxygen atoms in total. The van der Waals surface area contributed by atoms with Gasteiger partial charge in [0.25, 0.3) is 0 Å². The van der Waals surface area contributed by atoms with E-state index in [4.69, 9.17) is 33.7 Å². The fourth-order valence-corrected chi connectivity index (χ4v) is 3.44. The molecule has 1 amide bonds. The number of carbonyl (C=O) groups excluding carboxylic acids is 1. The highest BCUT2D eigenvalue weighted by Crippen LogP contribution is 2.28. The molecule has 2 N–H and O–H groups in total. The molecule has 1 saturated heterocycles. The smallest absolute Gasteiger partial charge is 0.239 e. The normalized spacial score (nSPS) is 19.3. The number of nitrogens with two attached hydrogens (primary N) is 1. The second-order valence-electron chi connectivity index (χ2n) is 5.91. The zero-order chi connectivity index (χ0) is 17.9. The second-order valence-corrected chi connectivity index (χ2v) is 8.99. The number of halogens is 2. The highest BCUT2D eigenvalue weighted by atomic mass is 35.5. The van der Waals surface area contributed by atoms with Crippen molar-refractivity contribution in [2.75, 3.05) is 25.1 Å². The number of amides is 1. The summed E-state index contributed by atoms with van der Waals surface area (Å²) in [5.41, 5.74) is 5.81. The van der Waals surface area contributed by atoms with E-state index in [1.54, 1.807) is 23.1 Å². The SMILES string of the molecule is CS(=O)(=O)CC[C@H](N)C(=O)N1CC[C@H](Oc2ccc(Cl)c(Cl)c2)C1. The summed E-state index contributed by atoms with van der Waals surface area (Å²) in [5.74, 6) is 0.237. The molecular formula is C15H20Cl2N2O4S. The molecule has 1 aromatic carbocycles. The van der Waals surface area contributed by atoms with Crippen molar-refractivity contribution in [3.05, 3.63) is 28.2 Å². The zero-order valence-corrected chi connectivity index (χ0v) is 15.6. The van der Waals surface area contributed by atoms with E-state index in [1.165, 1.54) is 0 Å².